The molecule has 0 N–H and O–H groups in total. The normalized spacial score (nSPS) is 11.6. The molecule has 11 aromatic rings. The first kappa shape index (κ1) is 30.7. The van der Waals surface area contributed by atoms with E-state index >= 15 is 0 Å². The maximum atomic E-state index is 10.6. The maximum absolute atomic E-state index is 10.6. The number of hydrogen-bond acceptors (Lipinski definition) is 2. The second kappa shape index (κ2) is 11.8. The number of para-hydroxylation sites is 6. The second-order valence-electron chi connectivity index (χ2n) is 14.0. The van der Waals surface area contributed by atoms with E-state index in [0.717, 1.165) is 82.8 Å². The summed E-state index contributed by atoms with van der Waals surface area (Å²) in [5, 5.41) is 27.4. The van der Waals surface area contributed by atoms with E-state index in [9.17, 15) is 10.5 Å². The quantitative estimate of drug-likeness (QED) is 0.184. The van der Waals surface area contributed by atoms with Crippen molar-refractivity contribution in [3.05, 3.63) is 187 Å². The Balaban J connectivity index is 1.22. The van der Waals surface area contributed by atoms with E-state index in [0.29, 0.717) is 11.1 Å². The van der Waals surface area contributed by atoms with Gasteiger partial charge in [0.25, 0.3) is 0 Å². The van der Waals surface area contributed by atoms with Crippen molar-refractivity contribution in [3.63, 3.8) is 0 Å². The molecule has 0 aliphatic rings. The van der Waals surface area contributed by atoms with Gasteiger partial charge in [-0.15, -0.1) is 0 Å². The Bertz CT molecular complexity index is 3420. The van der Waals surface area contributed by atoms with Crippen molar-refractivity contribution in [2.24, 2.45) is 0 Å². The molecule has 0 unspecified atom stereocenters. The molecule has 0 aliphatic carbocycles. The molecule has 8 aromatic carbocycles. The Morgan fingerprint density at radius 3 is 1.47 bits per heavy atom. The summed E-state index contributed by atoms with van der Waals surface area (Å²) in [6.07, 6.45) is 0. The molecule has 0 spiro atoms. The van der Waals surface area contributed by atoms with Crippen molar-refractivity contribution in [1.82, 2.24) is 13.7 Å². The van der Waals surface area contributed by atoms with E-state index in [2.05, 4.69) is 159 Å². The fourth-order valence-corrected chi connectivity index (χ4v) is 8.80. The molecule has 5 nitrogen and oxygen atoms in total. The van der Waals surface area contributed by atoms with Crippen LogP contribution in [0.4, 0.5) is 0 Å². The van der Waals surface area contributed by atoms with Crippen molar-refractivity contribution in [2.45, 2.75) is 0 Å². The molecule has 3 heterocycles. The highest BCUT2D eigenvalue weighted by atomic mass is 15.1. The van der Waals surface area contributed by atoms with Gasteiger partial charge < -0.3 is 13.7 Å². The number of benzene rings is 8. The zero-order valence-corrected chi connectivity index (χ0v) is 29.5. The molecule has 55 heavy (non-hydrogen) atoms. The van der Waals surface area contributed by atoms with Crippen LogP contribution in [0.15, 0.2) is 176 Å². The van der Waals surface area contributed by atoms with Crippen LogP contribution in [-0.2, 0) is 0 Å². The van der Waals surface area contributed by atoms with Crippen LogP contribution in [0.25, 0.3) is 93.6 Å². The number of rotatable bonds is 4. The molecular weight excluding hydrogens is 671 g/mol. The van der Waals surface area contributed by atoms with E-state index in [4.69, 9.17) is 0 Å². The SMILES string of the molecule is N#Cc1cc(-c2ccccc2-n2c3ccccc3c3ccc(C#N)cc32)cc(-n2c3ccccc3c3cccc(-n4c5ccccc5c5ccccc54)c32)c1. The molecule has 0 saturated carbocycles. The first-order valence-corrected chi connectivity index (χ1v) is 18.3. The van der Waals surface area contributed by atoms with Crippen LogP contribution in [0.5, 0.6) is 0 Å². The fraction of sp³-hybridized carbons (Fsp3) is 0. The monoisotopic (exact) mass is 699 g/mol. The molecule has 0 aliphatic heterocycles. The number of hydrogen-bond donors (Lipinski definition) is 0. The summed E-state index contributed by atoms with van der Waals surface area (Å²) in [4.78, 5) is 0. The topological polar surface area (TPSA) is 62.4 Å². The summed E-state index contributed by atoms with van der Waals surface area (Å²) in [6.45, 7) is 0. The average molecular weight is 700 g/mol. The van der Waals surface area contributed by atoms with Crippen LogP contribution >= 0.6 is 0 Å². The molecule has 254 valence electrons. The molecule has 5 heteroatoms. The van der Waals surface area contributed by atoms with Crippen LogP contribution in [0.2, 0.25) is 0 Å². The van der Waals surface area contributed by atoms with Crippen LogP contribution in [0.1, 0.15) is 11.1 Å². The Kier molecular flexibility index (Phi) is 6.61. The van der Waals surface area contributed by atoms with Crippen LogP contribution in [0, 0.1) is 22.7 Å². The Labute approximate surface area is 316 Å². The van der Waals surface area contributed by atoms with Gasteiger partial charge in [0.05, 0.1) is 67.7 Å². The van der Waals surface area contributed by atoms with E-state index in [1.807, 2.05) is 42.5 Å². The minimum Gasteiger partial charge on any atom is -0.309 e. The first-order valence-electron chi connectivity index (χ1n) is 18.3. The van der Waals surface area contributed by atoms with Crippen molar-refractivity contribution < 1.29 is 0 Å². The third-order valence-electron chi connectivity index (χ3n) is 11.1. The molecule has 0 radical (unpaired) electrons. The summed E-state index contributed by atoms with van der Waals surface area (Å²) < 4.78 is 6.96. The van der Waals surface area contributed by atoms with Gasteiger partial charge in [0, 0.05) is 43.6 Å². The van der Waals surface area contributed by atoms with Crippen LogP contribution < -0.4 is 0 Å². The third-order valence-corrected chi connectivity index (χ3v) is 11.1. The van der Waals surface area contributed by atoms with Crippen molar-refractivity contribution >= 4 is 65.4 Å². The van der Waals surface area contributed by atoms with Crippen LogP contribution in [-0.4, -0.2) is 13.7 Å². The number of nitriles is 2. The zero-order valence-electron chi connectivity index (χ0n) is 29.5. The smallest absolute Gasteiger partial charge is 0.0992 e. The fourth-order valence-electron chi connectivity index (χ4n) is 8.80. The maximum Gasteiger partial charge on any atom is 0.0992 e. The molecular formula is C50H29N5. The average Bonchev–Trinajstić information content (AvgIpc) is 3.89. The minimum atomic E-state index is 0.566. The van der Waals surface area contributed by atoms with Gasteiger partial charge >= 0.3 is 0 Å². The lowest BCUT2D eigenvalue weighted by Gasteiger charge is -2.17. The van der Waals surface area contributed by atoms with Gasteiger partial charge in [-0.2, -0.15) is 10.5 Å². The third kappa shape index (κ3) is 4.45. The van der Waals surface area contributed by atoms with Gasteiger partial charge in [0.15, 0.2) is 0 Å². The van der Waals surface area contributed by atoms with Crippen LogP contribution in [0.3, 0.4) is 0 Å². The van der Waals surface area contributed by atoms with Gasteiger partial charge in [-0.3, -0.25) is 0 Å². The standard InChI is InChI=1S/C50H29N5/c51-30-32-24-25-41-39-15-4-10-22-47(39)55(49(41)28-32)43-18-6-1-12-36(43)34-26-33(31-52)27-35(29-34)53-44-19-7-5-16-40(44)42-17-11-23-48(50(42)53)54-45-20-8-2-13-37(45)38-14-3-9-21-46(38)54/h1-29H. The van der Waals surface area contributed by atoms with E-state index in [-0.39, 0.29) is 0 Å². The second-order valence-corrected chi connectivity index (χ2v) is 14.0. The highest BCUT2D eigenvalue weighted by Gasteiger charge is 2.22. The predicted molar refractivity (Wildman–Crippen MR) is 224 cm³/mol. The van der Waals surface area contributed by atoms with Crippen molar-refractivity contribution in [1.29, 1.82) is 10.5 Å². The molecule has 3 aromatic heterocycles. The van der Waals surface area contributed by atoms with E-state index in [1.54, 1.807) is 0 Å². The lowest BCUT2D eigenvalue weighted by atomic mass is 10.00. The summed E-state index contributed by atoms with van der Waals surface area (Å²) in [7, 11) is 0. The van der Waals surface area contributed by atoms with Gasteiger partial charge in [0.1, 0.15) is 0 Å². The zero-order chi connectivity index (χ0) is 36.6. The number of nitrogens with zero attached hydrogens (tertiary/aromatic N) is 5. The summed E-state index contributed by atoms with van der Waals surface area (Å²) in [5.41, 5.74) is 12.4. The lowest BCUT2D eigenvalue weighted by molar-refractivity contribution is 1.13. The molecule has 0 bridgehead atoms. The predicted octanol–water partition coefficient (Wildman–Crippen LogP) is 12.4. The molecule has 0 fully saturated rings. The Hall–Kier alpha value is -7.86. The van der Waals surface area contributed by atoms with Gasteiger partial charge in [0.2, 0.25) is 0 Å². The lowest BCUT2D eigenvalue weighted by Crippen LogP contribution is -2.02. The minimum absolute atomic E-state index is 0.566. The summed E-state index contributed by atoms with van der Waals surface area (Å²) in [5.74, 6) is 0. The van der Waals surface area contributed by atoms with Gasteiger partial charge in [-0.25, -0.2) is 0 Å². The Morgan fingerprint density at radius 2 is 0.836 bits per heavy atom. The Morgan fingerprint density at radius 1 is 0.345 bits per heavy atom. The van der Waals surface area contributed by atoms with E-state index < -0.39 is 0 Å². The largest absolute Gasteiger partial charge is 0.309 e. The molecule has 0 saturated heterocycles. The van der Waals surface area contributed by atoms with Crippen molar-refractivity contribution in [2.75, 3.05) is 0 Å². The molecule has 11 rings (SSSR count). The molecule has 0 amide bonds. The summed E-state index contributed by atoms with van der Waals surface area (Å²) >= 11 is 0. The van der Waals surface area contributed by atoms with E-state index in [1.165, 1.54) is 10.8 Å². The number of fused-ring (bicyclic) bond motifs is 9. The highest BCUT2D eigenvalue weighted by Crippen LogP contribution is 2.42. The van der Waals surface area contributed by atoms with Gasteiger partial charge in [-0.05, 0) is 72.3 Å². The molecule has 0 atom stereocenters. The van der Waals surface area contributed by atoms with Crippen molar-refractivity contribution in [3.8, 4) is 40.3 Å². The first-order chi connectivity index (χ1) is 27.2. The summed E-state index contributed by atoms with van der Waals surface area (Å²) in [6, 6.07) is 65.9. The highest BCUT2D eigenvalue weighted by molar-refractivity contribution is 6.15. The number of aromatic nitrogens is 3. The van der Waals surface area contributed by atoms with Gasteiger partial charge in [-0.1, -0.05) is 109 Å².